The summed E-state index contributed by atoms with van der Waals surface area (Å²) in [5, 5.41) is 3.18. The maximum Gasteiger partial charge on any atom is 0.167 e. The molecule has 0 aromatic heterocycles. The van der Waals surface area contributed by atoms with Gasteiger partial charge in [-0.3, -0.25) is 4.79 Å². The Morgan fingerprint density at radius 1 is 1.44 bits per heavy atom. The second-order valence-corrected chi connectivity index (χ2v) is 4.57. The molecule has 1 aliphatic heterocycles. The Kier molecular flexibility index (Phi) is 3.06. The SMILES string of the molecule is Cc1ccc(C(=O)C2CNCC2C)cc1F. The lowest BCUT2D eigenvalue weighted by atomic mass is 9.89. The van der Waals surface area contributed by atoms with Crippen LogP contribution in [0.15, 0.2) is 18.2 Å². The highest BCUT2D eigenvalue weighted by atomic mass is 19.1. The van der Waals surface area contributed by atoms with Crippen molar-refractivity contribution in [3.63, 3.8) is 0 Å². The first-order valence-corrected chi connectivity index (χ1v) is 5.60. The average Bonchev–Trinajstić information content (AvgIpc) is 2.67. The summed E-state index contributed by atoms with van der Waals surface area (Å²) in [7, 11) is 0. The lowest BCUT2D eigenvalue weighted by molar-refractivity contribution is 0.0907. The highest BCUT2D eigenvalue weighted by molar-refractivity contribution is 5.98. The van der Waals surface area contributed by atoms with E-state index in [0.717, 1.165) is 6.54 Å². The van der Waals surface area contributed by atoms with Crippen LogP contribution in [0.2, 0.25) is 0 Å². The standard InChI is InChI=1S/C13H16FNO/c1-8-3-4-10(5-12(8)14)13(16)11-7-15-6-9(11)2/h3-5,9,11,15H,6-7H2,1-2H3. The highest BCUT2D eigenvalue weighted by Crippen LogP contribution is 2.22. The summed E-state index contributed by atoms with van der Waals surface area (Å²) in [4.78, 5) is 12.1. The van der Waals surface area contributed by atoms with E-state index < -0.39 is 0 Å². The van der Waals surface area contributed by atoms with Gasteiger partial charge in [0, 0.05) is 18.0 Å². The maximum atomic E-state index is 13.4. The molecule has 2 unspecified atom stereocenters. The number of ketones is 1. The van der Waals surface area contributed by atoms with Gasteiger partial charge < -0.3 is 5.32 Å². The van der Waals surface area contributed by atoms with Crippen molar-refractivity contribution in [2.24, 2.45) is 11.8 Å². The second-order valence-electron chi connectivity index (χ2n) is 4.57. The fourth-order valence-corrected chi connectivity index (χ4v) is 2.12. The molecule has 1 saturated heterocycles. The molecule has 2 nitrogen and oxygen atoms in total. The first-order valence-electron chi connectivity index (χ1n) is 5.60. The van der Waals surface area contributed by atoms with Gasteiger partial charge in [-0.05, 0) is 31.0 Å². The molecule has 2 atom stereocenters. The number of benzene rings is 1. The molecule has 0 bridgehead atoms. The first kappa shape index (κ1) is 11.3. The Bertz CT molecular complexity index is 416. The number of carbonyl (C=O) groups is 1. The summed E-state index contributed by atoms with van der Waals surface area (Å²) in [5.74, 6) is 0.0693. The van der Waals surface area contributed by atoms with Crippen LogP contribution in [0.25, 0.3) is 0 Å². The molecule has 3 heteroatoms. The normalized spacial score (nSPS) is 24.7. The summed E-state index contributed by atoms with van der Waals surface area (Å²) in [6, 6.07) is 4.73. The number of rotatable bonds is 2. The first-order chi connectivity index (χ1) is 7.59. The number of hydrogen-bond donors (Lipinski definition) is 1. The van der Waals surface area contributed by atoms with Crippen LogP contribution >= 0.6 is 0 Å². The van der Waals surface area contributed by atoms with Crippen molar-refractivity contribution in [2.75, 3.05) is 13.1 Å². The number of Topliss-reactive ketones (excluding diaryl/α,β-unsaturated/α-hetero) is 1. The highest BCUT2D eigenvalue weighted by Gasteiger charge is 2.30. The van der Waals surface area contributed by atoms with Crippen LogP contribution in [0, 0.1) is 24.6 Å². The number of aryl methyl sites for hydroxylation is 1. The van der Waals surface area contributed by atoms with Crippen molar-refractivity contribution in [3.8, 4) is 0 Å². The summed E-state index contributed by atoms with van der Waals surface area (Å²) in [6.45, 7) is 5.32. The molecule has 1 aliphatic rings. The molecule has 0 aliphatic carbocycles. The Morgan fingerprint density at radius 3 is 2.75 bits per heavy atom. The van der Waals surface area contributed by atoms with Crippen LogP contribution in [0.5, 0.6) is 0 Å². The van der Waals surface area contributed by atoms with Crippen LogP contribution in [0.4, 0.5) is 4.39 Å². The molecule has 1 fully saturated rings. The number of hydrogen-bond acceptors (Lipinski definition) is 2. The van der Waals surface area contributed by atoms with Gasteiger partial charge >= 0.3 is 0 Å². The zero-order valence-corrected chi connectivity index (χ0v) is 9.59. The molecule has 0 amide bonds. The van der Waals surface area contributed by atoms with E-state index in [2.05, 4.69) is 5.32 Å². The van der Waals surface area contributed by atoms with Crippen molar-refractivity contribution in [1.82, 2.24) is 5.32 Å². The van der Waals surface area contributed by atoms with E-state index in [4.69, 9.17) is 0 Å². The third-order valence-electron chi connectivity index (χ3n) is 3.31. The minimum atomic E-state index is -0.301. The zero-order chi connectivity index (χ0) is 11.7. The minimum absolute atomic E-state index is 0.0119. The molecular weight excluding hydrogens is 205 g/mol. The number of nitrogens with one attached hydrogen (secondary N) is 1. The Labute approximate surface area is 94.9 Å². The van der Waals surface area contributed by atoms with E-state index in [-0.39, 0.29) is 17.5 Å². The molecule has 1 heterocycles. The van der Waals surface area contributed by atoms with Crippen LogP contribution < -0.4 is 5.32 Å². The van der Waals surface area contributed by atoms with Gasteiger partial charge in [0.1, 0.15) is 5.82 Å². The van der Waals surface area contributed by atoms with Gasteiger partial charge in [-0.1, -0.05) is 19.1 Å². The zero-order valence-electron chi connectivity index (χ0n) is 9.59. The third kappa shape index (κ3) is 2.00. The quantitative estimate of drug-likeness (QED) is 0.775. The number of halogens is 1. The van der Waals surface area contributed by atoms with E-state index >= 15 is 0 Å². The van der Waals surface area contributed by atoms with E-state index in [1.54, 1.807) is 19.1 Å². The predicted molar refractivity (Wildman–Crippen MR) is 61.0 cm³/mol. The molecule has 2 rings (SSSR count). The van der Waals surface area contributed by atoms with Crippen LogP contribution in [-0.2, 0) is 0 Å². The Balaban J connectivity index is 2.23. The topological polar surface area (TPSA) is 29.1 Å². The smallest absolute Gasteiger partial charge is 0.167 e. The van der Waals surface area contributed by atoms with Gasteiger partial charge in [-0.2, -0.15) is 0 Å². The van der Waals surface area contributed by atoms with E-state index in [0.29, 0.717) is 23.6 Å². The van der Waals surface area contributed by atoms with Crippen molar-refractivity contribution < 1.29 is 9.18 Å². The van der Waals surface area contributed by atoms with Crippen LogP contribution in [-0.4, -0.2) is 18.9 Å². The summed E-state index contributed by atoms with van der Waals surface area (Å²) < 4.78 is 13.4. The molecule has 1 aromatic rings. The molecular formula is C13H16FNO. The largest absolute Gasteiger partial charge is 0.316 e. The van der Waals surface area contributed by atoms with Gasteiger partial charge in [-0.15, -0.1) is 0 Å². The molecule has 0 spiro atoms. The number of carbonyl (C=O) groups excluding carboxylic acids is 1. The van der Waals surface area contributed by atoms with E-state index in [9.17, 15) is 9.18 Å². The molecule has 0 saturated carbocycles. The van der Waals surface area contributed by atoms with Gasteiger partial charge in [0.15, 0.2) is 5.78 Å². The van der Waals surface area contributed by atoms with Crippen LogP contribution in [0.3, 0.4) is 0 Å². The molecule has 1 N–H and O–H groups in total. The van der Waals surface area contributed by atoms with E-state index in [1.807, 2.05) is 6.92 Å². The second kappa shape index (κ2) is 4.34. The maximum absolute atomic E-state index is 13.4. The fourth-order valence-electron chi connectivity index (χ4n) is 2.12. The van der Waals surface area contributed by atoms with Gasteiger partial charge in [0.25, 0.3) is 0 Å². The van der Waals surface area contributed by atoms with Gasteiger partial charge in [0.2, 0.25) is 0 Å². The van der Waals surface area contributed by atoms with Crippen molar-refractivity contribution in [1.29, 1.82) is 0 Å². The lowest BCUT2D eigenvalue weighted by Crippen LogP contribution is -2.21. The van der Waals surface area contributed by atoms with Crippen molar-refractivity contribution in [3.05, 3.63) is 35.1 Å². The lowest BCUT2D eigenvalue weighted by Gasteiger charge is -2.13. The average molecular weight is 221 g/mol. The molecule has 1 aromatic carbocycles. The van der Waals surface area contributed by atoms with Gasteiger partial charge in [0.05, 0.1) is 0 Å². The monoisotopic (exact) mass is 221 g/mol. The molecule has 16 heavy (non-hydrogen) atoms. The fraction of sp³-hybridized carbons (Fsp3) is 0.462. The van der Waals surface area contributed by atoms with Crippen molar-refractivity contribution in [2.45, 2.75) is 13.8 Å². The summed E-state index contributed by atoms with van der Waals surface area (Å²) in [6.07, 6.45) is 0. The Morgan fingerprint density at radius 2 is 2.19 bits per heavy atom. The van der Waals surface area contributed by atoms with E-state index in [1.165, 1.54) is 6.07 Å². The summed E-state index contributed by atoms with van der Waals surface area (Å²) >= 11 is 0. The third-order valence-corrected chi connectivity index (χ3v) is 3.31. The predicted octanol–water partition coefficient (Wildman–Crippen LogP) is 2.17. The van der Waals surface area contributed by atoms with Gasteiger partial charge in [-0.25, -0.2) is 4.39 Å². The van der Waals surface area contributed by atoms with Crippen LogP contribution in [0.1, 0.15) is 22.8 Å². The minimum Gasteiger partial charge on any atom is -0.316 e. The molecule has 0 radical (unpaired) electrons. The summed E-state index contributed by atoms with van der Waals surface area (Å²) in [5.41, 5.74) is 1.07. The van der Waals surface area contributed by atoms with Crippen molar-refractivity contribution >= 4 is 5.78 Å². The Hall–Kier alpha value is -1.22. The molecule has 86 valence electrons.